The van der Waals surface area contributed by atoms with E-state index in [1.807, 2.05) is 42.5 Å². The highest BCUT2D eigenvalue weighted by molar-refractivity contribution is 7.89. The first-order valence-corrected chi connectivity index (χ1v) is 12.0. The Morgan fingerprint density at radius 2 is 1.59 bits per heavy atom. The molecule has 0 atom stereocenters. The summed E-state index contributed by atoms with van der Waals surface area (Å²) in [7, 11) is -2.41. The molecular formula is C25H25FN2O5S. The number of ether oxygens (including phenoxy) is 1. The van der Waals surface area contributed by atoms with Crippen molar-refractivity contribution in [3.63, 3.8) is 0 Å². The number of nitrogens with zero attached hydrogens (tertiary/aromatic N) is 1. The zero-order valence-electron chi connectivity index (χ0n) is 18.6. The second-order valence-electron chi connectivity index (χ2n) is 7.50. The molecule has 0 bridgehead atoms. The lowest BCUT2D eigenvalue weighted by atomic mass is 10.0. The van der Waals surface area contributed by atoms with Crippen LogP contribution in [0.15, 0.2) is 83.8 Å². The van der Waals surface area contributed by atoms with Crippen LogP contribution in [0.4, 0.5) is 10.1 Å². The number of carbonyl (C=O) groups excluding carboxylic acids is 2. The number of esters is 1. The standard InChI is InChI=1S/C25H25FN2O5S/c1-28(34(31,32)21-15-13-20(26)14-16-21)17-7-12-25(30)33-18-24(29)27-23-11-6-5-10-22(23)19-8-3-2-4-9-19/h2-6,8-11,13-16H,7,12,17-18H2,1H3,(H,27,29). The van der Waals surface area contributed by atoms with E-state index >= 15 is 0 Å². The molecule has 0 spiro atoms. The predicted molar refractivity (Wildman–Crippen MR) is 127 cm³/mol. The van der Waals surface area contributed by atoms with E-state index in [2.05, 4.69) is 5.32 Å². The van der Waals surface area contributed by atoms with Crippen molar-refractivity contribution in [2.45, 2.75) is 17.7 Å². The van der Waals surface area contributed by atoms with Gasteiger partial charge in [0.05, 0.1) is 4.90 Å². The molecule has 0 heterocycles. The Hall–Kier alpha value is -3.56. The minimum atomic E-state index is -3.79. The molecule has 0 radical (unpaired) electrons. The summed E-state index contributed by atoms with van der Waals surface area (Å²) in [6, 6.07) is 21.4. The maximum absolute atomic E-state index is 13.0. The van der Waals surface area contributed by atoms with Crippen molar-refractivity contribution >= 4 is 27.6 Å². The van der Waals surface area contributed by atoms with E-state index in [1.54, 1.807) is 12.1 Å². The highest BCUT2D eigenvalue weighted by Gasteiger charge is 2.21. The summed E-state index contributed by atoms with van der Waals surface area (Å²) in [6.07, 6.45) is 0.144. The Morgan fingerprint density at radius 1 is 0.941 bits per heavy atom. The number of amides is 1. The SMILES string of the molecule is CN(CCCC(=O)OCC(=O)Nc1ccccc1-c1ccccc1)S(=O)(=O)c1ccc(F)cc1. The first kappa shape index (κ1) is 25.1. The van der Waals surface area contributed by atoms with Gasteiger partial charge in [0, 0.05) is 31.3 Å². The van der Waals surface area contributed by atoms with Gasteiger partial charge in [-0.05, 0) is 42.3 Å². The number of para-hydroxylation sites is 1. The van der Waals surface area contributed by atoms with Gasteiger partial charge >= 0.3 is 5.97 Å². The van der Waals surface area contributed by atoms with E-state index < -0.39 is 34.3 Å². The molecule has 34 heavy (non-hydrogen) atoms. The van der Waals surface area contributed by atoms with Crippen LogP contribution in [-0.2, 0) is 24.3 Å². The van der Waals surface area contributed by atoms with Crippen LogP contribution in [-0.4, -0.2) is 44.8 Å². The third kappa shape index (κ3) is 6.72. The summed E-state index contributed by atoms with van der Waals surface area (Å²) in [4.78, 5) is 24.3. The van der Waals surface area contributed by atoms with Crippen molar-refractivity contribution in [1.29, 1.82) is 0 Å². The molecule has 3 aromatic rings. The van der Waals surface area contributed by atoms with Gasteiger partial charge < -0.3 is 10.1 Å². The summed E-state index contributed by atoms with van der Waals surface area (Å²) in [5, 5.41) is 2.75. The van der Waals surface area contributed by atoms with Gasteiger partial charge in [-0.3, -0.25) is 9.59 Å². The van der Waals surface area contributed by atoms with Crippen molar-refractivity contribution in [3.8, 4) is 11.1 Å². The third-order valence-corrected chi connectivity index (χ3v) is 6.90. The molecule has 1 N–H and O–H groups in total. The summed E-state index contributed by atoms with van der Waals surface area (Å²) in [6.45, 7) is -0.392. The Labute approximate surface area is 198 Å². The van der Waals surface area contributed by atoms with Crippen LogP contribution in [0.2, 0.25) is 0 Å². The lowest BCUT2D eigenvalue weighted by Gasteiger charge is -2.17. The Balaban J connectivity index is 1.45. The molecule has 3 aromatic carbocycles. The summed E-state index contributed by atoms with van der Waals surface area (Å²) in [5.74, 6) is -1.62. The minimum absolute atomic E-state index is 0.0357. The van der Waals surface area contributed by atoms with Crippen LogP contribution in [0.25, 0.3) is 11.1 Å². The molecule has 0 aromatic heterocycles. The second-order valence-corrected chi connectivity index (χ2v) is 9.55. The zero-order valence-corrected chi connectivity index (χ0v) is 19.4. The number of anilines is 1. The number of hydrogen-bond donors (Lipinski definition) is 1. The monoisotopic (exact) mass is 484 g/mol. The fourth-order valence-electron chi connectivity index (χ4n) is 3.22. The van der Waals surface area contributed by atoms with Gasteiger partial charge in [-0.15, -0.1) is 0 Å². The first-order valence-electron chi connectivity index (χ1n) is 10.6. The molecule has 9 heteroatoms. The fourth-order valence-corrected chi connectivity index (χ4v) is 4.43. The minimum Gasteiger partial charge on any atom is -0.456 e. The first-order chi connectivity index (χ1) is 16.3. The number of halogens is 1. The van der Waals surface area contributed by atoms with Crippen LogP contribution in [0.5, 0.6) is 0 Å². The summed E-state index contributed by atoms with van der Waals surface area (Å²) >= 11 is 0. The van der Waals surface area contributed by atoms with Crippen LogP contribution in [0.3, 0.4) is 0 Å². The summed E-state index contributed by atoms with van der Waals surface area (Å²) in [5.41, 5.74) is 2.38. The number of sulfonamides is 1. The van der Waals surface area contributed by atoms with E-state index in [9.17, 15) is 22.4 Å². The highest BCUT2D eigenvalue weighted by atomic mass is 32.2. The van der Waals surface area contributed by atoms with Crippen molar-refractivity contribution < 1.29 is 27.1 Å². The predicted octanol–water partition coefficient (Wildman–Crippen LogP) is 4.08. The number of nitrogens with one attached hydrogen (secondary N) is 1. The number of carbonyl (C=O) groups is 2. The molecule has 0 unspecified atom stereocenters. The van der Waals surface area contributed by atoms with Gasteiger partial charge in [-0.2, -0.15) is 0 Å². The third-order valence-electron chi connectivity index (χ3n) is 5.03. The lowest BCUT2D eigenvalue weighted by Crippen LogP contribution is -2.28. The van der Waals surface area contributed by atoms with E-state index in [1.165, 1.54) is 19.2 Å². The van der Waals surface area contributed by atoms with Gasteiger partial charge in [0.1, 0.15) is 5.82 Å². The number of rotatable bonds is 10. The Morgan fingerprint density at radius 3 is 2.29 bits per heavy atom. The molecule has 0 aliphatic rings. The van der Waals surface area contributed by atoms with Crippen molar-refractivity contribution in [1.82, 2.24) is 4.31 Å². The van der Waals surface area contributed by atoms with Crippen molar-refractivity contribution in [2.75, 3.05) is 25.5 Å². The molecule has 0 aliphatic heterocycles. The Kier molecular flexibility index (Phi) is 8.50. The molecule has 1 amide bonds. The van der Waals surface area contributed by atoms with Crippen LogP contribution in [0, 0.1) is 5.82 Å². The lowest BCUT2D eigenvalue weighted by molar-refractivity contribution is -0.147. The van der Waals surface area contributed by atoms with E-state index in [-0.39, 0.29) is 24.3 Å². The molecule has 3 rings (SSSR count). The molecule has 0 saturated carbocycles. The van der Waals surface area contributed by atoms with E-state index in [0.717, 1.165) is 27.6 Å². The second kappa shape index (κ2) is 11.5. The van der Waals surface area contributed by atoms with Gasteiger partial charge in [0.15, 0.2) is 6.61 Å². The average molecular weight is 485 g/mol. The average Bonchev–Trinajstić information content (AvgIpc) is 2.84. The molecule has 0 fully saturated rings. The van der Waals surface area contributed by atoms with Gasteiger partial charge in [-0.1, -0.05) is 48.5 Å². The maximum Gasteiger partial charge on any atom is 0.306 e. The zero-order chi connectivity index (χ0) is 24.6. The smallest absolute Gasteiger partial charge is 0.306 e. The topological polar surface area (TPSA) is 92.8 Å². The fraction of sp³-hybridized carbons (Fsp3) is 0.200. The number of hydrogen-bond acceptors (Lipinski definition) is 5. The van der Waals surface area contributed by atoms with Crippen molar-refractivity contribution in [2.24, 2.45) is 0 Å². The van der Waals surface area contributed by atoms with E-state index in [4.69, 9.17) is 4.74 Å². The molecule has 7 nitrogen and oxygen atoms in total. The molecular weight excluding hydrogens is 459 g/mol. The van der Waals surface area contributed by atoms with Gasteiger partial charge in [0.25, 0.3) is 5.91 Å². The Bertz CT molecular complexity index is 1230. The quantitative estimate of drug-likeness (QED) is 0.438. The highest BCUT2D eigenvalue weighted by Crippen LogP contribution is 2.27. The van der Waals surface area contributed by atoms with Crippen LogP contribution in [0.1, 0.15) is 12.8 Å². The van der Waals surface area contributed by atoms with Crippen LogP contribution >= 0.6 is 0 Å². The largest absolute Gasteiger partial charge is 0.456 e. The summed E-state index contributed by atoms with van der Waals surface area (Å²) < 4.78 is 44.1. The van der Waals surface area contributed by atoms with Gasteiger partial charge in [0.2, 0.25) is 10.0 Å². The van der Waals surface area contributed by atoms with E-state index in [0.29, 0.717) is 5.69 Å². The normalized spacial score (nSPS) is 11.3. The molecule has 0 aliphatic carbocycles. The molecule has 178 valence electrons. The number of benzene rings is 3. The maximum atomic E-state index is 13.0. The van der Waals surface area contributed by atoms with Gasteiger partial charge in [-0.25, -0.2) is 17.1 Å². The van der Waals surface area contributed by atoms with Crippen molar-refractivity contribution in [3.05, 3.63) is 84.7 Å². The van der Waals surface area contributed by atoms with Crippen LogP contribution < -0.4 is 5.32 Å². The molecule has 0 saturated heterocycles.